The van der Waals surface area contributed by atoms with Gasteiger partial charge in [-0.15, -0.1) is 0 Å². The molecule has 5 atom stereocenters. The molecule has 0 aromatic carbocycles. The molecule has 4 aromatic heterocycles. The summed E-state index contributed by atoms with van der Waals surface area (Å²) in [4.78, 5) is 36.6. The highest BCUT2D eigenvalue weighted by Crippen LogP contribution is 2.50. The van der Waals surface area contributed by atoms with Gasteiger partial charge in [0.05, 0.1) is 12.3 Å². The molecule has 0 spiro atoms. The van der Waals surface area contributed by atoms with Crippen molar-refractivity contribution >= 4 is 52.0 Å². The Kier molecular flexibility index (Phi) is 4.33. The van der Waals surface area contributed by atoms with Crippen molar-refractivity contribution in [1.29, 1.82) is 0 Å². The second kappa shape index (κ2) is 6.80. The number of fused-ring (bicyclic) bond motifs is 3. The SMILES string of the molecule is O=c1c2nc(Br)n([C@@H]3OC4COP(=O)([O-])O[C@H]4C3O)c2nc2[nH]c(-c3ccsc3)cn12.[H+]. The summed E-state index contributed by atoms with van der Waals surface area (Å²) in [5.41, 5.74) is 1.42. The molecule has 2 saturated heterocycles. The molecule has 0 saturated carbocycles. The van der Waals surface area contributed by atoms with Crippen LogP contribution in [-0.4, -0.2) is 53.9 Å². The molecule has 0 bridgehead atoms. The average molecular weight is 530 g/mol. The van der Waals surface area contributed by atoms with E-state index in [9.17, 15) is 19.4 Å². The topological polar surface area (TPSA) is 156 Å². The highest BCUT2D eigenvalue weighted by molar-refractivity contribution is 9.10. The molecule has 4 aromatic rings. The van der Waals surface area contributed by atoms with Gasteiger partial charge < -0.3 is 28.8 Å². The quantitative estimate of drug-likeness (QED) is 0.286. The van der Waals surface area contributed by atoms with Crippen molar-refractivity contribution in [2.24, 2.45) is 0 Å². The van der Waals surface area contributed by atoms with Crippen LogP contribution in [0.1, 0.15) is 7.65 Å². The first-order valence-electron chi connectivity index (χ1n) is 9.01. The Hall–Kier alpha value is -1.90. The van der Waals surface area contributed by atoms with E-state index in [0.717, 1.165) is 5.56 Å². The van der Waals surface area contributed by atoms with E-state index in [1.54, 1.807) is 6.20 Å². The van der Waals surface area contributed by atoms with Crippen LogP contribution in [0.5, 0.6) is 0 Å². The van der Waals surface area contributed by atoms with Crippen molar-refractivity contribution < 1.29 is 29.8 Å². The third kappa shape index (κ3) is 2.98. The van der Waals surface area contributed by atoms with E-state index < -0.39 is 37.9 Å². The molecule has 6 rings (SSSR count). The number of thiophene rings is 1. The van der Waals surface area contributed by atoms with E-state index in [1.165, 1.54) is 20.3 Å². The molecule has 0 aliphatic carbocycles. The molecule has 2 aliphatic rings. The number of H-pyrrole nitrogens is 1. The molecule has 6 heterocycles. The zero-order valence-corrected chi connectivity index (χ0v) is 18.5. The lowest BCUT2D eigenvalue weighted by Gasteiger charge is -2.34. The van der Waals surface area contributed by atoms with Crippen LogP contribution in [-0.2, 0) is 18.3 Å². The lowest BCUT2D eigenvalue weighted by molar-refractivity contribution is -0.245. The number of nitrogens with one attached hydrogen (secondary N) is 1. The first kappa shape index (κ1) is 19.8. The third-order valence-corrected chi connectivity index (χ3v) is 7.46. The number of aliphatic hydroxyl groups excluding tert-OH is 1. The van der Waals surface area contributed by atoms with E-state index in [2.05, 4.69) is 35.4 Å². The second-order valence-corrected chi connectivity index (χ2v) is 9.93. The van der Waals surface area contributed by atoms with Crippen LogP contribution in [0.15, 0.2) is 32.6 Å². The molecule has 2 aliphatic heterocycles. The standard InChI is InChI=1S/C16H13BrN5O7PS/c17-15-19-9-12(20-16-18-7(3-21(16)13(9)24)6-1-2-31-5-6)22(15)14-10(23)11-8(28-14)4-27-30(25,26)29-11/h1-3,5,8,10-11,14,23H,4H2,(H,18,20)(H,25,26)/t8?,10?,11-,14-/m1/s1. The first-order chi connectivity index (χ1) is 14.8. The van der Waals surface area contributed by atoms with Crippen LogP contribution in [0.3, 0.4) is 0 Å². The minimum atomic E-state index is -4.52. The summed E-state index contributed by atoms with van der Waals surface area (Å²) in [7, 11) is -4.52. The summed E-state index contributed by atoms with van der Waals surface area (Å²) < 4.78 is 29.9. The van der Waals surface area contributed by atoms with Crippen molar-refractivity contribution in [3.63, 3.8) is 0 Å². The van der Waals surface area contributed by atoms with E-state index in [1.807, 2.05) is 16.8 Å². The van der Waals surface area contributed by atoms with Crippen LogP contribution in [0.25, 0.3) is 28.2 Å². The number of ether oxygens (including phenoxy) is 1. The Morgan fingerprint density at radius 2 is 2.29 bits per heavy atom. The van der Waals surface area contributed by atoms with E-state index in [0.29, 0.717) is 5.69 Å². The summed E-state index contributed by atoms with van der Waals surface area (Å²) in [5, 5.41) is 14.6. The van der Waals surface area contributed by atoms with Crippen LogP contribution < -0.4 is 10.5 Å². The van der Waals surface area contributed by atoms with E-state index in [4.69, 9.17) is 9.26 Å². The lowest BCUT2D eigenvalue weighted by atomic mass is 10.1. The van der Waals surface area contributed by atoms with Gasteiger partial charge in [0, 0.05) is 17.1 Å². The maximum Gasteiger partial charge on any atom is 1.00 e. The number of phosphoric acid groups is 1. The minimum absolute atomic E-state index is 0. The number of aromatic amines is 1. The van der Waals surface area contributed by atoms with Gasteiger partial charge in [0.15, 0.2) is 22.1 Å². The number of imidazole rings is 2. The van der Waals surface area contributed by atoms with Crippen molar-refractivity contribution in [2.75, 3.05) is 6.61 Å². The fourth-order valence-electron chi connectivity index (χ4n) is 3.83. The molecule has 31 heavy (non-hydrogen) atoms. The highest BCUT2D eigenvalue weighted by atomic mass is 79.9. The van der Waals surface area contributed by atoms with E-state index in [-0.39, 0.29) is 29.7 Å². The number of phosphoric ester groups is 1. The molecule has 162 valence electrons. The molecule has 12 nitrogen and oxygen atoms in total. The smallest absolute Gasteiger partial charge is 0.756 e. The van der Waals surface area contributed by atoms with E-state index >= 15 is 0 Å². The Morgan fingerprint density at radius 3 is 3.06 bits per heavy atom. The van der Waals surface area contributed by atoms with Crippen LogP contribution in [0.2, 0.25) is 0 Å². The van der Waals surface area contributed by atoms with Crippen LogP contribution in [0, 0.1) is 0 Å². The fourth-order valence-corrected chi connectivity index (χ4v) is 5.99. The number of hydrogen-bond acceptors (Lipinski definition) is 10. The van der Waals surface area contributed by atoms with Crippen LogP contribution >= 0.6 is 35.1 Å². The Bertz CT molecular complexity index is 1440. The Labute approximate surface area is 186 Å². The largest absolute Gasteiger partial charge is 1.00 e. The molecule has 3 unspecified atom stereocenters. The molecular weight excluding hydrogens is 517 g/mol. The Morgan fingerprint density at radius 1 is 1.45 bits per heavy atom. The van der Waals surface area contributed by atoms with Crippen molar-refractivity contribution in [1.82, 2.24) is 23.9 Å². The molecule has 0 amide bonds. The van der Waals surface area contributed by atoms with Gasteiger partial charge in [-0.25, -0.2) is 9.38 Å². The number of hydrogen-bond donors (Lipinski definition) is 2. The summed E-state index contributed by atoms with van der Waals surface area (Å²) in [6.07, 6.45) is -2.79. The molecule has 2 N–H and O–H groups in total. The molecule has 2 fully saturated rings. The maximum absolute atomic E-state index is 13.1. The minimum Gasteiger partial charge on any atom is -0.756 e. The number of aliphatic hydroxyl groups is 1. The molecule has 0 radical (unpaired) electrons. The van der Waals surface area contributed by atoms with Gasteiger partial charge in [-0.2, -0.15) is 16.3 Å². The van der Waals surface area contributed by atoms with Gasteiger partial charge in [-0.05, 0) is 27.4 Å². The number of rotatable bonds is 2. The summed E-state index contributed by atoms with van der Waals surface area (Å²) in [6.45, 7) is -0.287. The number of nitrogens with zero attached hydrogens (tertiary/aromatic N) is 4. The number of halogens is 1. The van der Waals surface area contributed by atoms with Crippen molar-refractivity contribution in [3.8, 4) is 11.3 Å². The predicted molar refractivity (Wildman–Crippen MR) is 110 cm³/mol. The van der Waals surface area contributed by atoms with Crippen LogP contribution in [0.4, 0.5) is 0 Å². The summed E-state index contributed by atoms with van der Waals surface area (Å²) in [6, 6.07) is 1.91. The highest BCUT2D eigenvalue weighted by Gasteiger charge is 2.51. The van der Waals surface area contributed by atoms with Crippen molar-refractivity contribution in [2.45, 2.75) is 24.5 Å². The monoisotopic (exact) mass is 529 g/mol. The zero-order chi connectivity index (χ0) is 21.5. The summed E-state index contributed by atoms with van der Waals surface area (Å²) in [5.74, 6) is 0.279. The third-order valence-electron chi connectivity index (χ3n) is 5.25. The number of aromatic nitrogens is 5. The molecular formula is C16H13BrN5O7PS. The van der Waals surface area contributed by atoms with Gasteiger partial charge in [-0.3, -0.25) is 13.9 Å². The van der Waals surface area contributed by atoms with Gasteiger partial charge in [0.2, 0.25) is 5.78 Å². The van der Waals surface area contributed by atoms with Gasteiger partial charge in [-0.1, -0.05) is 0 Å². The zero-order valence-electron chi connectivity index (χ0n) is 16.2. The Balaban J connectivity index is 0.00000216. The average Bonchev–Trinajstić information content (AvgIpc) is 3.48. The van der Waals surface area contributed by atoms with Crippen molar-refractivity contribution in [3.05, 3.63) is 38.1 Å². The van der Waals surface area contributed by atoms with Gasteiger partial charge in [0.25, 0.3) is 13.4 Å². The first-order valence-corrected chi connectivity index (χ1v) is 12.2. The molecule has 15 heteroatoms. The predicted octanol–water partition coefficient (Wildman–Crippen LogP) is 1.12. The lowest BCUT2D eigenvalue weighted by Crippen LogP contribution is -2.41. The maximum atomic E-state index is 13.1. The van der Waals surface area contributed by atoms with Gasteiger partial charge in [0.1, 0.15) is 18.3 Å². The normalized spacial score (nSPS) is 30.9. The fraction of sp³-hybridized carbons (Fsp3) is 0.312. The van der Waals surface area contributed by atoms with Gasteiger partial charge >= 0.3 is 1.43 Å². The second-order valence-electron chi connectivity index (χ2n) is 7.08. The summed E-state index contributed by atoms with van der Waals surface area (Å²) >= 11 is 4.81.